The zero-order valence-electron chi connectivity index (χ0n) is 19.8. The minimum atomic E-state index is -0.597. The maximum Gasteiger partial charge on any atom is 0.342 e. The van der Waals surface area contributed by atoms with E-state index in [4.69, 9.17) is 13.9 Å². The Kier molecular flexibility index (Phi) is 6.84. The molecule has 180 valence electrons. The zero-order chi connectivity index (χ0) is 24.2. The Morgan fingerprint density at radius 2 is 1.83 bits per heavy atom. The van der Waals surface area contributed by atoms with E-state index in [1.807, 2.05) is 30.3 Å². The van der Waals surface area contributed by atoms with Crippen molar-refractivity contribution in [3.05, 3.63) is 89.5 Å². The molecule has 35 heavy (non-hydrogen) atoms. The van der Waals surface area contributed by atoms with Gasteiger partial charge in [-0.2, -0.15) is 0 Å². The lowest BCUT2D eigenvalue weighted by molar-refractivity contribution is -0.918. The van der Waals surface area contributed by atoms with Crippen molar-refractivity contribution in [3.8, 4) is 17.1 Å². The highest BCUT2D eigenvalue weighted by Crippen LogP contribution is 2.36. The van der Waals surface area contributed by atoms with Gasteiger partial charge in [-0.25, -0.2) is 4.79 Å². The Morgan fingerprint density at radius 1 is 1.06 bits per heavy atom. The van der Waals surface area contributed by atoms with E-state index >= 15 is 0 Å². The summed E-state index contributed by atoms with van der Waals surface area (Å²) in [5, 5.41) is 11.3. The SMILES string of the molecule is CCOC(=O)c1c(-c2ccccc2)oc2ccc(OC[C@@H](O)C[NH+]3CCc4ccccc4C3)cc12. The number of ether oxygens (including phenoxy) is 2. The molecule has 1 aromatic heterocycles. The number of nitrogens with one attached hydrogen (secondary N) is 1. The topological polar surface area (TPSA) is 73.3 Å². The molecule has 3 aromatic carbocycles. The summed E-state index contributed by atoms with van der Waals surface area (Å²) in [6.07, 6.45) is 0.427. The Bertz CT molecular complexity index is 1310. The van der Waals surface area contributed by atoms with Gasteiger partial charge in [0.2, 0.25) is 0 Å². The second kappa shape index (κ2) is 10.3. The van der Waals surface area contributed by atoms with E-state index in [0.717, 1.165) is 25.1 Å². The molecule has 6 heteroatoms. The molecule has 2 N–H and O–H groups in total. The summed E-state index contributed by atoms with van der Waals surface area (Å²) < 4.78 is 17.3. The average molecular weight is 473 g/mol. The fourth-order valence-corrected chi connectivity index (χ4v) is 4.77. The number of aliphatic hydroxyl groups is 1. The maximum absolute atomic E-state index is 12.8. The standard InChI is InChI=1S/C29H29NO5/c1-2-33-29(32)27-25-16-24(12-13-26(25)35-28(27)21-9-4-3-5-10-21)34-19-23(31)18-30-15-14-20-8-6-7-11-22(20)17-30/h3-13,16,23,31H,2,14-15,17-19H2,1H3/p+1/t23-/m0/s1. The summed E-state index contributed by atoms with van der Waals surface area (Å²) in [5.74, 6) is 0.614. The van der Waals surface area contributed by atoms with Crippen molar-refractivity contribution in [2.75, 3.05) is 26.3 Å². The van der Waals surface area contributed by atoms with Crippen molar-refractivity contribution in [2.24, 2.45) is 0 Å². The number of quaternary nitrogens is 1. The summed E-state index contributed by atoms with van der Waals surface area (Å²) in [5.41, 5.74) is 4.53. The van der Waals surface area contributed by atoms with Crippen molar-refractivity contribution in [3.63, 3.8) is 0 Å². The van der Waals surface area contributed by atoms with Gasteiger partial charge in [-0.05, 0) is 30.7 Å². The first-order valence-corrected chi connectivity index (χ1v) is 12.1. The minimum Gasteiger partial charge on any atom is -0.491 e. The van der Waals surface area contributed by atoms with Gasteiger partial charge in [-0.3, -0.25) is 0 Å². The molecular weight excluding hydrogens is 442 g/mol. The third kappa shape index (κ3) is 5.09. The smallest absolute Gasteiger partial charge is 0.342 e. The van der Waals surface area contributed by atoms with Crippen LogP contribution >= 0.6 is 0 Å². The Morgan fingerprint density at radius 3 is 2.63 bits per heavy atom. The highest BCUT2D eigenvalue weighted by molar-refractivity contribution is 6.09. The molecule has 2 atom stereocenters. The first-order chi connectivity index (χ1) is 17.1. The molecule has 0 aliphatic carbocycles. The second-order valence-electron chi connectivity index (χ2n) is 8.92. The summed E-state index contributed by atoms with van der Waals surface area (Å²) in [6, 6.07) is 23.4. The Balaban J connectivity index is 1.31. The third-order valence-corrected chi connectivity index (χ3v) is 6.45. The number of rotatable bonds is 8. The number of carbonyl (C=O) groups is 1. The number of fused-ring (bicyclic) bond motifs is 2. The van der Waals surface area contributed by atoms with Crippen molar-refractivity contribution in [1.29, 1.82) is 0 Å². The normalized spacial score (nSPS) is 16.0. The lowest BCUT2D eigenvalue weighted by Crippen LogP contribution is -3.13. The van der Waals surface area contributed by atoms with Crippen LogP contribution in [0.3, 0.4) is 0 Å². The molecule has 5 rings (SSSR count). The molecule has 4 aromatic rings. The van der Waals surface area contributed by atoms with Crippen LogP contribution in [0.4, 0.5) is 0 Å². The van der Waals surface area contributed by atoms with Crippen LogP contribution in [0, 0.1) is 0 Å². The number of furan rings is 1. The van der Waals surface area contributed by atoms with Crippen LogP contribution in [-0.4, -0.2) is 43.5 Å². The first kappa shape index (κ1) is 23.1. The van der Waals surface area contributed by atoms with E-state index < -0.39 is 12.1 Å². The summed E-state index contributed by atoms with van der Waals surface area (Å²) >= 11 is 0. The van der Waals surface area contributed by atoms with E-state index in [1.165, 1.54) is 16.0 Å². The van der Waals surface area contributed by atoms with Gasteiger partial charge in [0.05, 0.1) is 13.2 Å². The fourth-order valence-electron chi connectivity index (χ4n) is 4.77. The Labute approximate surface area is 204 Å². The van der Waals surface area contributed by atoms with E-state index in [2.05, 4.69) is 24.3 Å². The summed E-state index contributed by atoms with van der Waals surface area (Å²) in [6.45, 7) is 4.76. The molecule has 1 aliphatic rings. The van der Waals surface area contributed by atoms with E-state index in [1.54, 1.807) is 25.1 Å². The molecule has 0 saturated heterocycles. The molecule has 0 radical (unpaired) electrons. The highest BCUT2D eigenvalue weighted by Gasteiger charge is 2.25. The zero-order valence-corrected chi connectivity index (χ0v) is 19.8. The minimum absolute atomic E-state index is 0.175. The molecule has 6 nitrogen and oxygen atoms in total. The van der Waals surface area contributed by atoms with Crippen LogP contribution in [0.15, 0.2) is 77.2 Å². The molecule has 2 heterocycles. The van der Waals surface area contributed by atoms with Crippen molar-refractivity contribution in [2.45, 2.75) is 26.0 Å². The fraction of sp³-hybridized carbons (Fsp3) is 0.276. The number of hydrogen-bond acceptors (Lipinski definition) is 5. The third-order valence-electron chi connectivity index (χ3n) is 6.45. The molecule has 0 saturated carbocycles. The largest absolute Gasteiger partial charge is 0.491 e. The van der Waals surface area contributed by atoms with Gasteiger partial charge in [-0.15, -0.1) is 0 Å². The predicted molar refractivity (Wildman–Crippen MR) is 134 cm³/mol. The Hall–Kier alpha value is -3.61. The van der Waals surface area contributed by atoms with Crippen LogP contribution in [0.2, 0.25) is 0 Å². The monoisotopic (exact) mass is 472 g/mol. The van der Waals surface area contributed by atoms with Crippen molar-refractivity contribution in [1.82, 2.24) is 0 Å². The number of carbonyl (C=O) groups excluding carboxylic acids is 1. The van der Waals surface area contributed by atoms with Crippen molar-refractivity contribution >= 4 is 16.9 Å². The molecular formula is C29H30NO5+. The van der Waals surface area contributed by atoms with Crippen LogP contribution in [-0.2, 0) is 17.7 Å². The number of hydrogen-bond donors (Lipinski definition) is 2. The van der Waals surface area contributed by atoms with E-state index in [-0.39, 0.29) is 13.2 Å². The van der Waals surface area contributed by atoms with Crippen LogP contribution in [0.1, 0.15) is 28.4 Å². The van der Waals surface area contributed by atoms with Gasteiger partial charge in [0.1, 0.15) is 48.5 Å². The predicted octanol–water partition coefficient (Wildman–Crippen LogP) is 3.66. The lowest BCUT2D eigenvalue weighted by Gasteiger charge is -2.27. The summed E-state index contributed by atoms with van der Waals surface area (Å²) in [4.78, 5) is 14.2. The van der Waals surface area contributed by atoms with Crippen LogP contribution < -0.4 is 9.64 Å². The molecule has 1 aliphatic heterocycles. The highest BCUT2D eigenvalue weighted by atomic mass is 16.5. The van der Waals surface area contributed by atoms with Crippen LogP contribution in [0.25, 0.3) is 22.3 Å². The molecule has 1 unspecified atom stereocenters. The van der Waals surface area contributed by atoms with Gasteiger partial charge in [0, 0.05) is 22.9 Å². The molecule has 0 fully saturated rings. The van der Waals surface area contributed by atoms with Gasteiger partial charge in [0.15, 0.2) is 0 Å². The van der Waals surface area contributed by atoms with Gasteiger partial charge >= 0.3 is 5.97 Å². The number of benzene rings is 3. The van der Waals surface area contributed by atoms with Gasteiger partial charge in [-0.1, -0.05) is 54.6 Å². The first-order valence-electron chi connectivity index (χ1n) is 12.1. The number of aliphatic hydroxyl groups excluding tert-OH is 1. The van der Waals surface area contributed by atoms with E-state index in [9.17, 15) is 9.90 Å². The lowest BCUT2D eigenvalue weighted by atomic mass is 10.00. The van der Waals surface area contributed by atoms with Gasteiger partial charge < -0.3 is 23.9 Å². The molecule has 0 amide bonds. The second-order valence-corrected chi connectivity index (χ2v) is 8.92. The van der Waals surface area contributed by atoms with Gasteiger partial charge in [0.25, 0.3) is 0 Å². The van der Waals surface area contributed by atoms with Crippen LogP contribution in [0.5, 0.6) is 5.75 Å². The maximum atomic E-state index is 12.8. The quantitative estimate of drug-likeness (QED) is 0.383. The number of esters is 1. The average Bonchev–Trinajstić information content (AvgIpc) is 3.27. The van der Waals surface area contributed by atoms with E-state index in [0.29, 0.717) is 34.6 Å². The molecule has 0 spiro atoms. The molecule has 0 bridgehead atoms. The van der Waals surface area contributed by atoms with Crippen molar-refractivity contribution < 1.29 is 28.7 Å². The summed E-state index contributed by atoms with van der Waals surface area (Å²) in [7, 11) is 0.